The van der Waals surface area contributed by atoms with Gasteiger partial charge in [-0.3, -0.25) is 4.99 Å². The average Bonchev–Trinajstić information content (AvgIpc) is 2.54. The van der Waals surface area contributed by atoms with Crippen molar-refractivity contribution in [2.45, 2.75) is 91.0 Å². The summed E-state index contributed by atoms with van der Waals surface area (Å²) < 4.78 is 0. The molecule has 2 nitrogen and oxygen atoms in total. The van der Waals surface area contributed by atoms with Crippen molar-refractivity contribution in [1.82, 2.24) is 4.90 Å². The van der Waals surface area contributed by atoms with Gasteiger partial charge in [0.2, 0.25) is 0 Å². The van der Waals surface area contributed by atoms with E-state index in [0.29, 0.717) is 22.8 Å². The normalized spacial score (nSPS) is 37.5. The van der Waals surface area contributed by atoms with Gasteiger partial charge in [0, 0.05) is 25.6 Å². The quantitative estimate of drug-likeness (QED) is 0.699. The first-order valence-corrected chi connectivity index (χ1v) is 9.40. The van der Waals surface area contributed by atoms with Crippen LogP contribution in [0.3, 0.4) is 0 Å². The Morgan fingerprint density at radius 3 is 2.32 bits per heavy atom. The molecule has 0 aromatic carbocycles. The van der Waals surface area contributed by atoms with E-state index in [1.54, 1.807) is 0 Å². The zero-order chi connectivity index (χ0) is 16.7. The van der Waals surface area contributed by atoms with Crippen LogP contribution in [0.2, 0.25) is 5.31 Å². The molecule has 1 saturated carbocycles. The standard InChI is InChI=1S/C19H37BN2/c1-13(2)19(20)12-8-9-16-15(18(19,5)6)10-11-17(21-7)22(16)14(3)4/h13-16H,8-12,20H2,1-7H3/b21-17-. The second-order valence-corrected chi connectivity index (χ2v) is 9.04. The summed E-state index contributed by atoms with van der Waals surface area (Å²) in [5, 5.41) is 0.440. The van der Waals surface area contributed by atoms with E-state index in [4.69, 9.17) is 0 Å². The Morgan fingerprint density at radius 2 is 1.82 bits per heavy atom. The van der Waals surface area contributed by atoms with Gasteiger partial charge in [-0.1, -0.05) is 45.9 Å². The van der Waals surface area contributed by atoms with Crippen LogP contribution in [0, 0.1) is 17.3 Å². The van der Waals surface area contributed by atoms with Crippen molar-refractivity contribution >= 4 is 13.7 Å². The van der Waals surface area contributed by atoms with Gasteiger partial charge >= 0.3 is 0 Å². The number of piperidine rings is 1. The van der Waals surface area contributed by atoms with Gasteiger partial charge in [-0.05, 0) is 43.9 Å². The van der Waals surface area contributed by atoms with Crippen LogP contribution in [0.4, 0.5) is 0 Å². The summed E-state index contributed by atoms with van der Waals surface area (Å²) in [6.07, 6.45) is 6.55. The number of nitrogens with zero attached hydrogens (tertiary/aromatic N) is 2. The SMILES string of the molecule is BC1(C(C)C)CCCC2C(CC/C(=N/C)N2C(C)C)C1(C)C. The number of hydrogen-bond acceptors (Lipinski definition) is 1. The van der Waals surface area contributed by atoms with Crippen molar-refractivity contribution in [2.75, 3.05) is 7.05 Å². The zero-order valence-corrected chi connectivity index (χ0v) is 16.2. The highest BCUT2D eigenvalue weighted by Gasteiger charge is 2.53. The highest BCUT2D eigenvalue weighted by molar-refractivity contribution is 6.16. The van der Waals surface area contributed by atoms with Crippen LogP contribution >= 0.6 is 0 Å². The fraction of sp³-hybridized carbons (Fsp3) is 0.947. The first-order chi connectivity index (χ1) is 10.2. The summed E-state index contributed by atoms with van der Waals surface area (Å²) in [7, 11) is 4.54. The smallest absolute Gasteiger partial charge is 0.110 e. The minimum absolute atomic E-state index is 0.384. The lowest BCUT2D eigenvalue weighted by Crippen LogP contribution is -2.56. The molecule has 1 saturated heterocycles. The Labute approximate surface area is 139 Å². The van der Waals surface area contributed by atoms with Crippen LogP contribution in [0.1, 0.15) is 73.6 Å². The van der Waals surface area contributed by atoms with Crippen LogP contribution in [0.25, 0.3) is 0 Å². The van der Waals surface area contributed by atoms with E-state index in [-0.39, 0.29) is 0 Å². The summed E-state index contributed by atoms with van der Waals surface area (Å²) >= 11 is 0. The van der Waals surface area contributed by atoms with Crippen LogP contribution in [-0.4, -0.2) is 37.7 Å². The molecule has 3 atom stereocenters. The fourth-order valence-electron chi connectivity index (χ4n) is 5.54. The van der Waals surface area contributed by atoms with Gasteiger partial charge < -0.3 is 4.90 Å². The second-order valence-electron chi connectivity index (χ2n) is 9.04. The number of hydrogen-bond donors (Lipinski definition) is 0. The maximum absolute atomic E-state index is 4.63. The number of fused-ring (bicyclic) bond motifs is 1. The molecule has 126 valence electrons. The average molecular weight is 304 g/mol. The van der Waals surface area contributed by atoms with E-state index in [1.165, 1.54) is 31.5 Å². The topological polar surface area (TPSA) is 15.6 Å². The Kier molecular flexibility index (Phi) is 5.04. The lowest BCUT2D eigenvalue weighted by Gasteiger charge is -2.56. The summed E-state index contributed by atoms with van der Waals surface area (Å²) in [5.41, 5.74) is 0.384. The van der Waals surface area contributed by atoms with Gasteiger partial charge in [0.25, 0.3) is 0 Å². The third kappa shape index (κ3) is 2.63. The van der Waals surface area contributed by atoms with Crippen molar-refractivity contribution in [3.05, 3.63) is 0 Å². The molecular formula is C19H37BN2. The third-order valence-electron chi connectivity index (χ3n) is 7.48. The van der Waals surface area contributed by atoms with E-state index >= 15 is 0 Å². The maximum atomic E-state index is 4.63. The van der Waals surface area contributed by atoms with Crippen LogP contribution in [0.15, 0.2) is 4.99 Å². The molecule has 0 radical (unpaired) electrons. The van der Waals surface area contributed by atoms with Gasteiger partial charge in [0.1, 0.15) is 7.85 Å². The van der Waals surface area contributed by atoms with Crippen molar-refractivity contribution in [1.29, 1.82) is 0 Å². The van der Waals surface area contributed by atoms with Crippen molar-refractivity contribution in [3.63, 3.8) is 0 Å². The van der Waals surface area contributed by atoms with Gasteiger partial charge in [-0.25, -0.2) is 0 Å². The van der Waals surface area contributed by atoms with Gasteiger partial charge in [-0.2, -0.15) is 0 Å². The molecule has 1 aliphatic carbocycles. The number of rotatable bonds is 2. The van der Waals surface area contributed by atoms with Crippen LogP contribution < -0.4 is 0 Å². The van der Waals surface area contributed by atoms with Crippen molar-refractivity contribution in [3.8, 4) is 0 Å². The molecule has 3 heteroatoms. The largest absolute Gasteiger partial charge is 0.355 e. The molecule has 0 aromatic heterocycles. The zero-order valence-electron chi connectivity index (χ0n) is 16.2. The Bertz CT molecular complexity index is 427. The lowest BCUT2D eigenvalue weighted by molar-refractivity contribution is 0.0304. The lowest BCUT2D eigenvalue weighted by atomic mass is 9.44. The molecule has 2 aliphatic rings. The summed E-state index contributed by atoms with van der Waals surface area (Å²) in [4.78, 5) is 7.30. The number of aliphatic imine (C=N–C) groups is 1. The van der Waals surface area contributed by atoms with Crippen LogP contribution in [0.5, 0.6) is 0 Å². The fourth-order valence-corrected chi connectivity index (χ4v) is 5.54. The first kappa shape index (κ1) is 17.9. The molecule has 3 unspecified atom stereocenters. The monoisotopic (exact) mass is 304 g/mol. The highest BCUT2D eigenvalue weighted by atomic mass is 15.2. The third-order valence-corrected chi connectivity index (χ3v) is 7.48. The first-order valence-electron chi connectivity index (χ1n) is 9.40. The minimum Gasteiger partial charge on any atom is -0.355 e. The minimum atomic E-state index is 0.384. The summed E-state index contributed by atoms with van der Waals surface area (Å²) in [6.45, 7) is 14.7. The molecule has 0 amide bonds. The second kappa shape index (κ2) is 6.21. The Morgan fingerprint density at radius 1 is 1.18 bits per heavy atom. The molecule has 1 heterocycles. The van der Waals surface area contributed by atoms with Crippen molar-refractivity contribution < 1.29 is 0 Å². The molecular weight excluding hydrogens is 267 g/mol. The summed E-state index contributed by atoms with van der Waals surface area (Å²) in [5.74, 6) is 2.88. The highest BCUT2D eigenvalue weighted by Crippen LogP contribution is 2.61. The maximum Gasteiger partial charge on any atom is 0.110 e. The predicted octanol–water partition coefficient (Wildman–Crippen LogP) is 4.16. The van der Waals surface area contributed by atoms with E-state index in [0.717, 1.165) is 18.3 Å². The van der Waals surface area contributed by atoms with E-state index in [1.807, 2.05) is 7.05 Å². The Hall–Kier alpha value is -0.465. The molecule has 2 rings (SSSR count). The van der Waals surface area contributed by atoms with E-state index in [9.17, 15) is 0 Å². The Balaban J connectivity index is 2.44. The van der Waals surface area contributed by atoms with E-state index in [2.05, 4.69) is 59.3 Å². The molecule has 1 aliphatic heterocycles. The number of likely N-dealkylation sites (tertiary alicyclic amines) is 1. The molecule has 0 aromatic rings. The number of amidine groups is 1. The molecule has 22 heavy (non-hydrogen) atoms. The molecule has 0 bridgehead atoms. The van der Waals surface area contributed by atoms with Crippen LogP contribution in [-0.2, 0) is 0 Å². The molecule has 0 N–H and O–H groups in total. The molecule has 2 fully saturated rings. The van der Waals surface area contributed by atoms with Gasteiger partial charge in [-0.15, -0.1) is 0 Å². The molecule has 0 spiro atoms. The van der Waals surface area contributed by atoms with Gasteiger partial charge in [0.05, 0.1) is 5.84 Å². The van der Waals surface area contributed by atoms with Gasteiger partial charge in [0.15, 0.2) is 0 Å². The summed E-state index contributed by atoms with van der Waals surface area (Å²) in [6, 6.07) is 1.24. The van der Waals surface area contributed by atoms with Crippen molar-refractivity contribution in [2.24, 2.45) is 22.2 Å². The van der Waals surface area contributed by atoms with E-state index < -0.39 is 0 Å². The predicted molar refractivity (Wildman–Crippen MR) is 101 cm³/mol.